The molecule has 0 amide bonds. The summed E-state index contributed by atoms with van der Waals surface area (Å²) in [6.07, 6.45) is 13.3. The van der Waals surface area contributed by atoms with Gasteiger partial charge in [-0.2, -0.15) is 0 Å². The summed E-state index contributed by atoms with van der Waals surface area (Å²) in [6, 6.07) is 0. The predicted octanol–water partition coefficient (Wildman–Crippen LogP) is 5.25. The van der Waals surface area contributed by atoms with Gasteiger partial charge in [-0.3, -0.25) is 9.59 Å². The molecule has 0 saturated heterocycles. The van der Waals surface area contributed by atoms with Crippen LogP contribution < -0.4 is 0 Å². The first-order valence-corrected chi connectivity index (χ1v) is 8.48. The molecule has 0 saturated carbocycles. The molecule has 0 radical (unpaired) electrons. The van der Waals surface area contributed by atoms with E-state index in [4.69, 9.17) is 10.2 Å². The third kappa shape index (κ3) is 31.8. The summed E-state index contributed by atoms with van der Waals surface area (Å²) in [5, 5.41) is 16.5. The number of unbranched alkanes of at least 4 members (excludes halogenated alkanes) is 9. The van der Waals surface area contributed by atoms with Crippen LogP contribution in [0.3, 0.4) is 0 Å². The molecule has 5 heteroatoms. The number of hydrogen-bond donors (Lipinski definition) is 2. The number of carboxylic acids is 2. The molecule has 0 bridgehead atoms. The van der Waals surface area contributed by atoms with Gasteiger partial charge in [-0.1, -0.05) is 71.6 Å². The maximum absolute atomic E-state index is 10.2. The molecule has 2 N–H and O–H groups in total. The number of hydrogen-bond acceptors (Lipinski definition) is 2. The van der Waals surface area contributed by atoms with Crippen molar-refractivity contribution < 1.29 is 39.3 Å². The van der Waals surface area contributed by atoms with Crippen molar-refractivity contribution in [2.24, 2.45) is 0 Å². The second kappa shape index (κ2) is 22.8. The zero-order valence-electron chi connectivity index (χ0n) is 14.6. The molecule has 128 valence electrons. The van der Waals surface area contributed by atoms with Crippen LogP contribution in [-0.2, 0) is 29.1 Å². The average Bonchev–Trinajstić information content (AvgIpc) is 2.42. The van der Waals surface area contributed by atoms with Crippen LogP contribution >= 0.6 is 0 Å². The summed E-state index contributed by atoms with van der Waals surface area (Å²) in [4.78, 5) is 20.0. The van der Waals surface area contributed by atoms with Crippen LogP contribution in [-0.4, -0.2) is 22.2 Å². The predicted molar refractivity (Wildman–Crippen MR) is 86.6 cm³/mol. The van der Waals surface area contributed by atoms with Crippen molar-refractivity contribution in [3.8, 4) is 0 Å². The normalized spacial score (nSPS) is 9.36. The summed E-state index contributed by atoms with van der Waals surface area (Å²) < 4.78 is 0. The summed E-state index contributed by atoms with van der Waals surface area (Å²) in [6.45, 7) is 4.27. The van der Waals surface area contributed by atoms with Gasteiger partial charge in [0.25, 0.3) is 0 Å². The Kier molecular flexibility index (Phi) is 27.5. The van der Waals surface area contributed by atoms with Crippen molar-refractivity contribution in [1.82, 2.24) is 0 Å². The molecule has 0 fully saturated rings. The third-order valence-electron chi connectivity index (χ3n) is 3.24. The molecule has 4 nitrogen and oxygen atoms in total. The second-order valence-electron chi connectivity index (χ2n) is 5.47. The molecule has 22 heavy (non-hydrogen) atoms. The number of carboxylic acid groups (broad SMARTS) is 2. The fraction of sp³-hybridized carbons (Fsp3) is 0.882. The summed E-state index contributed by atoms with van der Waals surface area (Å²) in [5.74, 6) is -1.34. The van der Waals surface area contributed by atoms with Gasteiger partial charge in [0.1, 0.15) is 0 Å². The Morgan fingerprint density at radius 2 is 0.864 bits per heavy atom. The molecule has 0 aromatic carbocycles. The quantitative estimate of drug-likeness (QED) is 0.344. The fourth-order valence-corrected chi connectivity index (χ4v) is 1.94. The van der Waals surface area contributed by atoms with E-state index >= 15 is 0 Å². The minimum absolute atomic E-state index is 0. The molecule has 0 spiro atoms. The summed E-state index contributed by atoms with van der Waals surface area (Å²) in [5.41, 5.74) is 0. The van der Waals surface area contributed by atoms with E-state index < -0.39 is 11.9 Å². The smallest absolute Gasteiger partial charge is 0.303 e. The standard InChI is InChI=1S/C11H22O2.C6H12O2.Zn/c1-2-3-4-5-6-7-8-9-10-11(12)13;1-2-3-4-5-6(7)8;/h2-10H2,1H3,(H,12,13);2-5H2,1H3,(H,7,8);. The van der Waals surface area contributed by atoms with E-state index in [2.05, 4.69) is 13.8 Å². The molecule has 0 aliphatic carbocycles. The molecule has 0 aliphatic rings. The van der Waals surface area contributed by atoms with Gasteiger partial charge in [-0.15, -0.1) is 0 Å². The first kappa shape index (κ1) is 26.5. The molecule has 0 unspecified atom stereocenters. The van der Waals surface area contributed by atoms with Crippen molar-refractivity contribution >= 4 is 11.9 Å². The minimum Gasteiger partial charge on any atom is -0.481 e. The first-order valence-electron chi connectivity index (χ1n) is 8.48. The number of carbonyl (C=O) groups is 2. The van der Waals surface area contributed by atoms with Gasteiger partial charge in [0.15, 0.2) is 0 Å². The van der Waals surface area contributed by atoms with Crippen LogP contribution in [0.15, 0.2) is 0 Å². The van der Waals surface area contributed by atoms with Crippen LogP contribution in [0.1, 0.15) is 97.3 Å². The van der Waals surface area contributed by atoms with Crippen molar-refractivity contribution in [2.75, 3.05) is 0 Å². The van der Waals surface area contributed by atoms with Crippen LogP contribution in [0.4, 0.5) is 0 Å². The van der Waals surface area contributed by atoms with Crippen molar-refractivity contribution in [3.05, 3.63) is 0 Å². The fourth-order valence-electron chi connectivity index (χ4n) is 1.94. The van der Waals surface area contributed by atoms with Gasteiger partial charge in [-0.05, 0) is 12.8 Å². The average molecular weight is 368 g/mol. The molecule has 0 rings (SSSR count). The van der Waals surface area contributed by atoms with Crippen molar-refractivity contribution in [1.29, 1.82) is 0 Å². The van der Waals surface area contributed by atoms with Crippen molar-refractivity contribution in [2.45, 2.75) is 97.3 Å². The molecular weight excluding hydrogens is 334 g/mol. The molecule has 0 heterocycles. The molecule has 0 atom stereocenters. The van der Waals surface area contributed by atoms with E-state index in [1.165, 1.54) is 38.5 Å². The van der Waals surface area contributed by atoms with Gasteiger partial charge in [0, 0.05) is 32.3 Å². The molecular formula is C17H34O4Zn. The number of aliphatic carboxylic acids is 2. The Bertz CT molecular complexity index is 245. The minimum atomic E-state index is -0.682. The molecule has 0 aromatic rings. The third-order valence-corrected chi connectivity index (χ3v) is 3.24. The Morgan fingerprint density at radius 1 is 0.591 bits per heavy atom. The van der Waals surface area contributed by atoms with Crippen LogP contribution in [0.2, 0.25) is 0 Å². The maximum atomic E-state index is 10.2. The van der Waals surface area contributed by atoms with E-state index in [0.717, 1.165) is 32.1 Å². The Labute approximate surface area is 148 Å². The Hall–Kier alpha value is -0.437. The zero-order valence-corrected chi connectivity index (χ0v) is 17.6. The zero-order chi connectivity index (χ0) is 16.3. The molecule has 0 aliphatic heterocycles. The second-order valence-corrected chi connectivity index (χ2v) is 5.47. The Morgan fingerprint density at radius 3 is 1.23 bits per heavy atom. The van der Waals surface area contributed by atoms with E-state index in [0.29, 0.717) is 12.8 Å². The van der Waals surface area contributed by atoms with Crippen LogP contribution in [0.5, 0.6) is 0 Å². The Balaban J connectivity index is -0.000000348. The van der Waals surface area contributed by atoms with E-state index in [9.17, 15) is 9.59 Å². The van der Waals surface area contributed by atoms with Gasteiger partial charge in [-0.25, -0.2) is 0 Å². The van der Waals surface area contributed by atoms with E-state index in [1.807, 2.05) is 0 Å². The topological polar surface area (TPSA) is 74.6 Å². The van der Waals surface area contributed by atoms with E-state index in [1.54, 1.807) is 0 Å². The van der Waals surface area contributed by atoms with Crippen LogP contribution in [0, 0.1) is 0 Å². The maximum Gasteiger partial charge on any atom is 0.303 e. The van der Waals surface area contributed by atoms with Gasteiger partial charge >= 0.3 is 11.9 Å². The van der Waals surface area contributed by atoms with Gasteiger partial charge in [0.2, 0.25) is 0 Å². The molecule has 0 aromatic heterocycles. The monoisotopic (exact) mass is 366 g/mol. The van der Waals surface area contributed by atoms with Crippen LogP contribution in [0.25, 0.3) is 0 Å². The van der Waals surface area contributed by atoms with Gasteiger partial charge in [0.05, 0.1) is 0 Å². The number of rotatable bonds is 13. The summed E-state index contributed by atoms with van der Waals surface area (Å²) in [7, 11) is 0. The van der Waals surface area contributed by atoms with Gasteiger partial charge < -0.3 is 10.2 Å². The largest absolute Gasteiger partial charge is 0.481 e. The summed E-state index contributed by atoms with van der Waals surface area (Å²) >= 11 is 0. The van der Waals surface area contributed by atoms with E-state index in [-0.39, 0.29) is 19.5 Å². The first-order chi connectivity index (χ1) is 10.0. The SMILES string of the molecule is CCCCCC(=O)O.CCCCCCCCCCC(=O)O.[Zn]. The van der Waals surface area contributed by atoms with Crippen molar-refractivity contribution in [3.63, 3.8) is 0 Å².